The summed E-state index contributed by atoms with van der Waals surface area (Å²) in [6.07, 6.45) is 2.16. The lowest BCUT2D eigenvalue weighted by Gasteiger charge is -2.31. The summed E-state index contributed by atoms with van der Waals surface area (Å²) in [4.78, 5) is 2.09. The molecule has 1 fully saturated rings. The number of benzene rings is 1. The molecule has 1 aliphatic heterocycles. The number of rotatable bonds is 2. The number of phenols is 1. The summed E-state index contributed by atoms with van der Waals surface area (Å²) >= 11 is 0. The molecule has 112 valence electrons. The second-order valence-electron chi connectivity index (χ2n) is 5.74. The van der Waals surface area contributed by atoms with Crippen LogP contribution in [0.25, 0.3) is 5.69 Å². The monoisotopic (exact) mass is 288 g/mol. The van der Waals surface area contributed by atoms with Crippen LogP contribution >= 0.6 is 0 Å². The second kappa shape index (κ2) is 5.24. The van der Waals surface area contributed by atoms with Gasteiger partial charge in [-0.1, -0.05) is 13.0 Å². The van der Waals surface area contributed by atoms with Crippen LogP contribution in [0.2, 0.25) is 0 Å². The van der Waals surface area contributed by atoms with Gasteiger partial charge in [-0.25, -0.2) is 4.57 Å². The van der Waals surface area contributed by atoms with Gasteiger partial charge in [-0.3, -0.25) is 0 Å². The maximum absolute atomic E-state index is 10.5. The standard InChI is InChI=1S/C16H20N2O3/c1-11-5-7-17(8-6-11)14-10-15(20)18(16(14)21)12-3-2-4-13(19)9-12/h2-4,9-11,19-21H,5-8H2,1H3. The molecule has 0 unspecified atom stereocenters. The highest BCUT2D eigenvalue weighted by molar-refractivity contribution is 5.63. The molecule has 1 aromatic heterocycles. The quantitative estimate of drug-likeness (QED) is 0.795. The van der Waals surface area contributed by atoms with Gasteiger partial charge in [0.2, 0.25) is 11.8 Å². The third-order valence-corrected chi connectivity index (χ3v) is 4.15. The van der Waals surface area contributed by atoms with Crippen LogP contribution < -0.4 is 4.90 Å². The van der Waals surface area contributed by atoms with Gasteiger partial charge in [-0.2, -0.15) is 0 Å². The zero-order chi connectivity index (χ0) is 15.0. The molecule has 0 radical (unpaired) electrons. The minimum atomic E-state index is -0.0354. The zero-order valence-electron chi connectivity index (χ0n) is 12.0. The highest BCUT2D eigenvalue weighted by atomic mass is 16.3. The summed E-state index contributed by atoms with van der Waals surface area (Å²) < 4.78 is 1.34. The fourth-order valence-corrected chi connectivity index (χ4v) is 2.84. The third kappa shape index (κ3) is 2.51. The Hall–Kier alpha value is -2.30. The Balaban J connectivity index is 1.97. The van der Waals surface area contributed by atoms with Crippen molar-refractivity contribution in [1.82, 2.24) is 4.57 Å². The highest BCUT2D eigenvalue weighted by Gasteiger charge is 2.23. The van der Waals surface area contributed by atoms with E-state index in [4.69, 9.17) is 0 Å². The number of aromatic hydroxyl groups is 3. The molecule has 5 heteroatoms. The van der Waals surface area contributed by atoms with Gasteiger partial charge < -0.3 is 20.2 Å². The lowest BCUT2D eigenvalue weighted by molar-refractivity contribution is 0.398. The van der Waals surface area contributed by atoms with Crippen LogP contribution in [0.4, 0.5) is 5.69 Å². The number of hydrogen-bond donors (Lipinski definition) is 3. The van der Waals surface area contributed by atoms with E-state index in [1.54, 1.807) is 24.3 Å². The van der Waals surface area contributed by atoms with Crippen molar-refractivity contribution in [3.05, 3.63) is 30.3 Å². The number of piperidine rings is 1. The largest absolute Gasteiger partial charge is 0.508 e. The molecule has 0 saturated carbocycles. The third-order valence-electron chi connectivity index (χ3n) is 4.15. The molecule has 0 amide bonds. The molecule has 0 bridgehead atoms. The smallest absolute Gasteiger partial charge is 0.223 e. The molecule has 3 N–H and O–H groups in total. The van der Waals surface area contributed by atoms with Crippen molar-refractivity contribution in [2.45, 2.75) is 19.8 Å². The van der Waals surface area contributed by atoms with Crippen LogP contribution in [0.3, 0.4) is 0 Å². The molecule has 1 aromatic carbocycles. The first kappa shape index (κ1) is 13.7. The van der Waals surface area contributed by atoms with Crippen molar-refractivity contribution in [1.29, 1.82) is 0 Å². The van der Waals surface area contributed by atoms with E-state index >= 15 is 0 Å². The van der Waals surface area contributed by atoms with E-state index in [1.807, 2.05) is 0 Å². The van der Waals surface area contributed by atoms with Gasteiger partial charge in [0.25, 0.3) is 0 Å². The number of aromatic nitrogens is 1. The molecule has 2 aromatic rings. The SMILES string of the molecule is CC1CCN(c2cc(O)n(-c3cccc(O)c3)c2O)CC1. The van der Waals surface area contributed by atoms with Gasteiger partial charge in [0.1, 0.15) is 11.4 Å². The second-order valence-corrected chi connectivity index (χ2v) is 5.74. The van der Waals surface area contributed by atoms with Crippen LogP contribution in [0, 0.1) is 5.92 Å². The summed E-state index contributed by atoms with van der Waals surface area (Å²) in [5.41, 5.74) is 1.17. The maximum atomic E-state index is 10.5. The molecule has 5 nitrogen and oxygen atoms in total. The summed E-state index contributed by atoms with van der Waals surface area (Å²) in [5, 5.41) is 30.1. The summed E-state index contributed by atoms with van der Waals surface area (Å²) in [7, 11) is 0. The molecule has 1 saturated heterocycles. The van der Waals surface area contributed by atoms with Crippen LogP contribution in [-0.4, -0.2) is 33.0 Å². The average molecular weight is 288 g/mol. The fraction of sp³-hybridized carbons (Fsp3) is 0.375. The Bertz CT molecular complexity index is 643. The Labute approximate surface area is 123 Å². The predicted octanol–water partition coefficient (Wildman–Crippen LogP) is 2.83. The molecule has 0 aliphatic carbocycles. The molecule has 3 rings (SSSR count). The number of anilines is 1. The first-order chi connectivity index (χ1) is 10.1. The first-order valence-corrected chi connectivity index (χ1v) is 7.24. The lowest BCUT2D eigenvalue weighted by atomic mass is 9.99. The Morgan fingerprint density at radius 3 is 2.43 bits per heavy atom. The molecular formula is C16H20N2O3. The van der Waals surface area contributed by atoms with E-state index in [0.717, 1.165) is 25.9 Å². The van der Waals surface area contributed by atoms with Crippen molar-refractivity contribution in [2.24, 2.45) is 5.92 Å². The van der Waals surface area contributed by atoms with E-state index in [2.05, 4.69) is 11.8 Å². The van der Waals surface area contributed by atoms with Gasteiger partial charge in [0.15, 0.2) is 0 Å². The highest BCUT2D eigenvalue weighted by Crippen LogP contribution is 2.39. The van der Waals surface area contributed by atoms with Gasteiger partial charge in [-0.05, 0) is 30.9 Å². The van der Waals surface area contributed by atoms with Crippen LogP contribution in [-0.2, 0) is 0 Å². The van der Waals surface area contributed by atoms with E-state index in [9.17, 15) is 15.3 Å². The van der Waals surface area contributed by atoms with E-state index in [0.29, 0.717) is 17.3 Å². The fourth-order valence-electron chi connectivity index (χ4n) is 2.84. The zero-order valence-corrected chi connectivity index (χ0v) is 12.0. The van der Waals surface area contributed by atoms with E-state index < -0.39 is 0 Å². The summed E-state index contributed by atoms with van der Waals surface area (Å²) in [6, 6.07) is 8.03. The van der Waals surface area contributed by atoms with Crippen molar-refractivity contribution in [3.63, 3.8) is 0 Å². The average Bonchev–Trinajstić information content (AvgIpc) is 2.75. The molecule has 2 heterocycles. The van der Waals surface area contributed by atoms with Gasteiger partial charge >= 0.3 is 0 Å². The van der Waals surface area contributed by atoms with Crippen molar-refractivity contribution in [3.8, 4) is 23.2 Å². The van der Waals surface area contributed by atoms with Crippen molar-refractivity contribution >= 4 is 5.69 Å². The van der Waals surface area contributed by atoms with E-state index in [-0.39, 0.29) is 17.5 Å². The Morgan fingerprint density at radius 2 is 1.76 bits per heavy atom. The van der Waals surface area contributed by atoms with Gasteiger partial charge in [0.05, 0.1) is 5.69 Å². The molecular weight excluding hydrogens is 268 g/mol. The van der Waals surface area contributed by atoms with Gasteiger partial charge in [-0.15, -0.1) is 0 Å². The van der Waals surface area contributed by atoms with Crippen LogP contribution in [0.1, 0.15) is 19.8 Å². The normalized spacial score (nSPS) is 16.3. The molecule has 1 aliphatic rings. The maximum Gasteiger partial charge on any atom is 0.223 e. The van der Waals surface area contributed by atoms with Gasteiger partial charge in [0, 0.05) is 25.2 Å². The first-order valence-electron chi connectivity index (χ1n) is 7.24. The Kier molecular flexibility index (Phi) is 3.41. The topological polar surface area (TPSA) is 68.9 Å². The van der Waals surface area contributed by atoms with Crippen molar-refractivity contribution in [2.75, 3.05) is 18.0 Å². The van der Waals surface area contributed by atoms with Crippen molar-refractivity contribution < 1.29 is 15.3 Å². The molecule has 0 spiro atoms. The summed E-state index contributed by atoms with van der Waals surface area (Å²) in [5.74, 6) is 0.762. The van der Waals surface area contributed by atoms with E-state index in [1.165, 1.54) is 10.6 Å². The number of hydrogen-bond acceptors (Lipinski definition) is 4. The van der Waals surface area contributed by atoms with Crippen LogP contribution in [0.15, 0.2) is 30.3 Å². The number of phenolic OH excluding ortho intramolecular Hbond substituents is 1. The molecule has 0 atom stereocenters. The summed E-state index contributed by atoms with van der Waals surface area (Å²) in [6.45, 7) is 3.98. The minimum Gasteiger partial charge on any atom is -0.508 e. The predicted molar refractivity (Wildman–Crippen MR) is 81.4 cm³/mol. The number of nitrogens with zero attached hydrogens (tertiary/aromatic N) is 2. The molecule has 21 heavy (non-hydrogen) atoms. The minimum absolute atomic E-state index is 0.00709. The Morgan fingerprint density at radius 1 is 1.05 bits per heavy atom. The van der Waals surface area contributed by atoms with Crippen LogP contribution in [0.5, 0.6) is 17.5 Å². The lowest BCUT2D eigenvalue weighted by Crippen LogP contribution is -2.32.